The van der Waals surface area contributed by atoms with Gasteiger partial charge < -0.3 is 0 Å². The number of benzene rings is 3. The molecule has 0 bridgehead atoms. The highest BCUT2D eigenvalue weighted by Gasteiger charge is 2.36. The van der Waals surface area contributed by atoms with Crippen molar-refractivity contribution in [1.82, 2.24) is 9.80 Å². The molecule has 2 atom stereocenters. The van der Waals surface area contributed by atoms with E-state index in [0.717, 1.165) is 32.7 Å². The molecule has 3 aromatic rings. The van der Waals surface area contributed by atoms with Gasteiger partial charge in [-0.1, -0.05) is 84.9 Å². The van der Waals surface area contributed by atoms with Crippen molar-refractivity contribution < 1.29 is 0 Å². The Balaban J connectivity index is 1.43. The van der Waals surface area contributed by atoms with Gasteiger partial charge in [0.15, 0.2) is 0 Å². The van der Waals surface area contributed by atoms with E-state index in [9.17, 15) is 0 Å². The molecule has 2 heterocycles. The van der Waals surface area contributed by atoms with E-state index in [1.807, 2.05) is 0 Å². The molecule has 0 aromatic heterocycles. The van der Waals surface area contributed by atoms with Crippen LogP contribution in [-0.2, 0) is 6.54 Å². The van der Waals surface area contributed by atoms with E-state index < -0.39 is 0 Å². The molecule has 3 aromatic carbocycles. The average Bonchev–Trinajstić information content (AvgIpc) is 2.75. The Morgan fingerprint density at radius 1 is 0.667 bits per heavy atom. The van der Waals surface area contributed by atoms with Crippen LogP contribution < -0.4 is 0 Å². The van der Waals surface area contributed by atoms with Crippen LogP contribution in [0.3, 0.4) is 0 Å². The molecule has 5 rings (SSSR count). The normalized spacial score (nSPS) is 22.8. The number of piperazine rings is 1. The zero-order valence-electron chi connectivity index (χ0n) is 15.7. The van der Waals surface area contributed by atoms with Crippen LogP contribution in [0.5, 0.6) is 0 Å². The van der Waals surface area contributed by atoms with E-state index in [-0.39, 0.29) is 0 Å². The molecule has 27 heavy (non-hydrogen) atoms. The lowest BCUT2D eigenvalue weighted by Crippen LogP contribution is -2.51. The van der Waals surface area contributed by atoms with Gasteiger partial charge in [-0.25, -0.2) is 0 Å². The molecular weight excluding hydrogens is 328 g/mol. The van der Waals surface area contributed by atoms with Crippen LogP contribution in [0, 0.1) is 0 Å². The fourth-order valence-electron chi connectivity index (χ4n) is 4.81. The molecule has 1 saturated heterocycles. The van der Waals surface area contributed by atoms with Crippen LogP contribution in [0.1, 0.15) is 34.2 Å². The summed E-state index contributed by atoms with van der Waals surface area (Å²) >= 11 is 0. The Kier molecular flexibility index (Phi) is 4.52. The first kappa shape index (κ1) is 16.7. The van der Waals surface area contributed by atoms with Gasteiger partial charge in [0.05, 0.1) is 0 Å². The Morgan fingerprint density at radius 2 is 1.33 bits per heavy atom. The van der Waals surface area contributed by atoms with E-state index in [2.05, 4.69) is 94.7 Å². The lowest BCUT2D eigenvalue weighted by Gasteiger charge is -2.47. The second-order valence-corrected chi connectivity index (χ2v) is 7.82. The average molecular weight is 354 g/mol. The molecule has 2 aliphatic heterocycles. The quantitative estimate of drug-likeness (QED) is 0.673. The molecule has 0 saturated carbocycles. The predicted molar refractivity (Wildman–Crippen MR) is 111 cm³/mol. The summed E-state index contributed by atoms with van der Waals surface area (Å²) in [5.74, 6) is 0.485. The van der Waals surface area contributed by atoms with Crippen molar-refractivity contribution in [3.05, 3.63) is 107 Å². The molecule has 2 heteroatoms. The third-order valence-corrected chi connectivity index (χ3v) is 6.17. The molecule has 2 aliphatic rings. The number of rotatable bonds is 3. The number of hydrogen-bond donors (Lipinski definition) is 0. The fourth-order valence-corrected chi connectivity index (χ4v) is 4.81. The predicted octanol–water partition coefficient (Wildman–Crippen LogP) is 4.69. The highest BCUT2D eigenvalue weighted by molar-refractivity contribution is 5.42. The van der Waals surface area contributed by atoms with Crippen LogP contribution in [0.25, 0.3) is 0 Å². The molecular formula is C25H26N2. The standard InChI is InChI=1S/C25H26N2/c1-3-9-20(10-4-1)17-26-15-16-27-18-24(21-11-5-2-6-12-21)22-13-7-8-14-23(22)25(27)19-26/h1-14,24-25H,15-19H2. The summed E-state index contributed by atoms with van der Waals surface area (Å²) < 4.78 is 0. The molecule has 0 aliphatic carbocycles. The molecule has 136 valence electrons. The monoisotopic (exact) mass is 354 g/mol. The molecule has 1 fully saturated rings. The van der Waals surface area contributed by atoms with Crippen molar-refractivity contribution in [3.8, 4) is 0 Å². The van der Waals surface area contributed by atoms with E-state index in [4.69, 9.17) is 0 Å². The number of hydrogen-bond acceptors (Lipinski definition) is 2. The molecule has 0 N–H and O–H groups in total. The van der Waals surface area contributed by atoms with Gasteiger partial charge in [0.2, 0.25) is 0 Å². The first-order valence-corrected chi connectivity index (χ1v) is 10.0. The van der Waals surface area contributed by atoms with Crippen LogP contribution in [0.2, 0.25) is 0 Å². The maximum atomic E-state index is 2.71. The fraction of sp³-hybridized carbons (Fsp3) is 0.280. The second kappa shape index (κ2) is 7.30. The summed E-state index contributed by atoms with van der Waals surface area (Å²) in [4.78, 5) is 5.33. The van der Waals surface area contributed by atoms with Gasteiger partial charge in [-0.3, -0.25) is 9.80 Å². The van der Waals surface area contributed by atoms with Crippen LogP contribution >= 0.6 is 0 Å². The van der Waals surface area contributed by atoms with Crippen LogP contribution in [0.15, 0.2) is 84.9 Å². The highest BCUT2D eigenvalue weighted by atomic mass is 15.3. The summed E-state index contributed by atoms with van der Waals surface area (Å²) in [6.07, 6.45) is 0. The molecule has 0 spiro atoms. The van der Waals surface area contributed by atoms with Gasteiger partial charge in [-0.2, -0.15) is 0 Å². The van der Waals surface area contributed by atoms with Gasteiger partial charge in [0.1, 0.15) is 0 Å². The van der Waals surface area contributed by atoms with Crippen molar-refractivity contribution in [3.63, 3.8) is 0 Å². The smallest absolute Gasteiger partial charge is 0.0479 e. The van der Waals surface area contributed by atoms with Crippen LogP contribution in [-0.4, -0.2) is 36.0 Å². The summed E-state index contributed by atoms with van der Waals surface area (Å²) in [7, 11) is 0. The van der Waals surface area contributed by atoms with Gasteiger partial charge in [-0.05, 0) is 22.3 Å². The molecule has 0 amide bonds. The minimum atomic E-state index is 0.485. The Labute approximate surface area is 162 Å². The van der Waals surface area contributed by atoms with E-state index >= 15 is 0 Å². The van der Waals surface area contributed by atoms with Crippen molar-refractivity contribution in [2.45, 2.75) is 18.5 Å². The summed E-state index contributed by atoms with van der Waals surface area (Å²) in [6, 6.07) is 31.5. The zero-order valence-corrected chi connectivity index (χ0v) is 15.7. The summed E-state index contributed by atoms with van der Waals surface area (Å²) in [5.41, 5.74) is 5.90. The van der Waals surface area contributed by atoms with Crippen LogP contribution in [0.4, 0.5) is 0 Å². The van der Waals surface area contributed by atoms with Crippen molar-refractivity contribution >= 4 is 0 Å². The van der Waals surface area contributed by atoms with E-state index in [1.165, 1.54) is 22.3 Å². The molecule has 2 nitrogen and oxygen atoms in total. The maximum Gasteiger partial charge on any atom is 0.0479 e. The largest absolute Gasteiger partial charge is 0.296 e. The van der Waals surface area contributed by atoms with E-state index in [0.29, 0.717) is 12.0 Å². The molecule has 0 radical (unpaired) electrons. The topological polar surface area (TPSA) is 6.48 Å². The zero-order chi connectivity index (χ0) is 18.1. The first-order chi connectivity index (χ1) is 13.4. The third-order valence-electron chi connectivity index (χ3n) is 6.17. The number of nitrogens with zero attached hydrogens (tertiary/aromatic N) is 2. The van der Waals surface area contributed by atoms with E-state index in [1.54, 1.807) is 0 Å². The lowest BCUT2D eigenvalue weighted by atomic mass is 9.80. The minimum absolute atomic E-state index is 0.485. The van der Waals surface area contributed by atoms with Crippen molar-refractivity contribution in [2.24, 2.45) is 0 Å². The lowest BCUT2D eigenvalue weighted by molar-refractivity contribution is 0.0585. The Bertz CT molecular complexity index is 890. The Hall–Kier alpha value is -2.42. The second-order valence-electron chi connectivity index (χ2n) is 7.82. The van der Waals surface area contributed by atoms with Gasteiger partial charge in [-0.15, -0.1) is 0 Å². The van der Waals surface area contributed by atoms with Crippen molar-refractivity contribution in [1.29, 1.82) is 0 Å². The minimum Gasteiger partial charge on any atom is -0.296 e. The highest BCUT2D eigenvalue weighted by Crippen LogP contribution is 2.40. The molecule has 2 unspecified atom stereocenters. The first-order valence-electron chi connectivity index (χ1n) is 10.0. The SMILES string of the molecule is c1ccc(CN2CCN3CC(c4ccccc4)c4ccccc4C3C2)cc1. The Morgan fingerprint density at radius 3 is 2.11 bits per heavy atom. The van der Waals surface area contributed by atoms with Gasteiger partial charge in [0.25, 0.3) is 0 Å². The maximum absolute atomic E-state index is 2.71. The van der Waals surface area contributed by atoms with Crippen molar-refractivity contribution in [2.75, 3.05) is 26.2 Å². The summed E-state index contributed by atoms with van der Waals surface area (Å²) in [5, 5.41) is 0. The number of fused-ring (bicyclic) bond motifs is 3. The van der Waals surface area contributed by atoms with Gasteiger partial charge >= 0.3 is 0 Å². The third kappa shape index (κ3) is 3.31. The summed E-state index contributed by atoms with van der Waals surface area (Å²) in [6.45, 7) is 5.60. The van der Waals surface area contributed by atoms with Gasteiger partial charge in [0, 0.05) is 44.7 Å².